The Balaban J connectivity index is 2.12. The van der Waals surface area contributed by atoms with Crippen LogP contribution in [0.25, 0.3) is 0 Å². The quantitative estimate of drug-likeness (QED) is 0.323. The molecule has 0 spiro atoms. The molecule has 0 bridgehead atoms. The van der Waals surface area contributed by atoms with Gasteiger partial charge in [0, 0.05) is 24.5 Å². The highest BCUT2D eigenvalue weighted by atomic mass is 32.1. The molecule has 0 radical (unpaired) electrons. The molecule has 15 heavy (non-hydrogen) atoms. The van der Waals surface area contributed by atoms with E-state index in [-0.39, 0.29) is 0 Å². The number of nitrogens with two attached hydrogens (primary N) is 1. The number of hydrogen-bond acceptors (Lipinski definition) is 3. The number of nitrogens with one attached hydrogen (secondary N) is 1. The van der Waals surface area contributed by atoms with E-state index < -0.39 is 0 Å². The van der Waals surface area contributed by atoms with Gasteiger partial charge in [-0.1, -0.05) is 0 Å². The highest BCUT2D eigenvalue weighted by molar-refractivity contribution is 7.10. The Morgan fingerprint density at radius 2 is 2.60 bits per heavy atom. The molecule has 1 aliphatic heterocycles. The van der Waals surface area contributed by atoms with Crippen LogP contribution < -0.4 is 11.3 Å². The van der Waals surface area contributed by atoms with Gasteiger partial charge in [-0.3, -0.25) is 10.4 Å². The van der Waals surface area contributed by atoms with Crippen molar-refractivity contribution in [2.45, 2.75) is 19.9 Å². The van der Waals surface area contributed by atoms with Crippen LogP contribution in [0.3, 0.4) is 0 Å². The SMILES string of the molecule is CCN=C(NN)N1CCc2sccc2C1. The zero-order valence-corrected chi connectivity index (χ0v) is 9.68. The Morgan fingerprint density at radius 3 is 3.33 bits per heavy atom. The molecule has 0 atom stereocenters. The molecule has 1 aromatic heterocycles. The first-order valence-corrected chi connectivity index (χ1v) is 6.04. The maximum absolute atomic E-state index is 5.47. The molecule has 82 valence electrons. The van der Waals surface area contributed by atoms with Crippen LogP contribution in [0.5, 0.6) is 0 Å². The molecule has 0 aromatic carbocycles. The second-order valence-corrected chi connectivity index (χ2v) is 4.48. The van der Waals surface area contributed by atoms with Crippen LogP contribution >= 0.6 is 11.3 Å². The highest BCUT2D eigenvalue weighted by Crippen LogP contribution is 2.23. The largest absolute Gasteiger partial charge is 0.337 e. The number of aliphatic imine (C=N–C) groups is 1. The molecular formula is C10H16N4S. The van der Waals surface area contributed by atoms with Crippen LogP contribution in [0.2, 0.25) is 0 Å². The molecule has 3 N–H and O–H groups in total. The highest BCUT2D eigenvalue weighted by Gasteiger charge is 2.19. The molecule has 1 aliphatic rings. The number of hydrogen-bond donors (Lipinski definition) is 2. The smallest absolute Gasteiger partial charge is 0.208 e. The molecule has 0 saturated heterocycles. The number of thiophene rings is 1. The minimum absolute atomic E-state index is 0.756. The van der Waals surface area contributed by atoms with E-state index in [9.17, 15) is 0 Å². The summed E-state index contributed by atoms with van der Waals surface area (Å²) < 4.78 is 0. The van der Waals surface area contributed by atoms with Gasteiger partial charge in [0.1, 0.15) is 0 Å². The predicted octanol–water partition coefficient (Wildman–Crippen LogP) is 0.945. The Bertz CT molecular complexity index is 358. The predicted molar refractivity (Wildman–Crippen MR) is 63.7 cm³/mol. The number of guanidine groups is 1. The number of fused-ring (bicyclic) bond motifs is 1. The summed E-state index contributed by atoms with van der Waals surface area (Å²) in [6.07, 6.45) is 1.09. The minimum Gasteiger partial charge on any atom is -0.337 e. The van der Waals surface area contributed by atoms with E-state index in [0.29, 0.717) is 0 Å². The number of hydrazine groups is 1. The third-order valence-electron chi connectivity index (χ3n) is 2.54. The Morgan fingerprint density at radius 1 is 1.73 bits per heavy atom. The van der Waals surface area contributed by atoms with Gasteiger partial charge in [0.05, 0.1) is 0 Å². The van der Waals surface area contributed by atoms with Gasteiger partial charge in [0.2, 0.25) is 5.96 Å². The van der Waals surface area contributed by atoms with Crippen LogP contribution in [-0.2, 0) is 13.0 Å². The van der Waals surface area contributed by atoms with Crippen molar-refractivity contribution < 1.29 is 0 Å². The molecular weight excluding hydrogens is 208 g/mol. The second-order valence-electron chi connectivity index (χ2n) is 3.48. The average Bonchev–Trinajstić information content (AvgIpc) is 2.72. The van der Waals surface area contributed by atoms with E-state index in [1.807, 2.05) is 18.3 Å². The fourth-order valence-electron chi connectivity index (χ4n) is 1.82. The van der Waals surface area contributed by atoms with Crippen LogP contribution in [0.1, 0.15) is 17.4 Å². The van der Waals surface area contributed by atoms with Gasteiger partial charge in [-0.05, 0) is 30.4 Å². The molecule has 0 amide bonds. The van der Waals surface area contributed by atoms with E-state index in [0.717, 1.165) is 32.0 Å². The summed E-state index contributed by atoms with van der Waals surface area (Å²) >= 11 is 1.84. The summed E-state index contributed by atoms with van der Waals surface area (Å²) in [7, 11) is 0. The maximum atomic E-state index is 5.47. The monoisotopic (exact) mass is 224 g/mol. The zero-order chi connectivity index (χ0) is 10.7. The van der Waals surface area contributed by atoms with E-state index in [2.05, 4.69) is 26.8 Å². The van der Waals surface area contributed by atoms with Crippen molar-refractivity contribution in [1.82, 2.24) is 10.3 Å². The normalized spacial score (nSPS) is 16.4. The average molecular weight is 224 g/mol. The first-order valence-electron chi connectivity index (χ1n) is 5.16. The first kappa shape index (κ1) is 10.4. The summed E-state index contributed by atoms with van der Waals surface area (Å²) in [6.45, 7) is 4.68. The summed E-state index contributed by atoms with van der Waals surface area (Å²) in [5, 5.41) is 2.15. The van der Waals surface area contributed by atoms with Gasteiger partial charge >= 0.3 is 0 Å². The van der Waals surface area contributed by atoms with Gasteiger partial charge in [0.15, 0.2) is 0 Å². The van der Waals surface area contributed by atoms with Crippen molar-refractivity contribution >= 4 is 17.3 Å². The molecule has 0 fully saturated rings. The van der Waals surface area contributed by atoms with E-state index in [1.54, 1.807) is 0 Å². The van der Waals surface area contributed by atoms with Crippen molar-refractivity contribution in [2.24, 2.45) is 10.8 Å². The molecule has 5 heteroatoms. The van der Waals surface area contributed by atoms with Crippen molar-refractivity contribution in [3.05, 3.63) is 21.9 Å². The molecule has 0 unspecified atom stereocenters. The van der Waals surface area contributed by atoms with E-state index in [4.69, 9.17) is 5.84 Å². The van der Waals surface area contributed by atoms with Gasteiger partial charge in [0.25, 0.3) is 0 Å². The third-order valence-corrected chi connectivity index (χ3v) is 3.57. The lowest BCUT2D eigenvalue weighted by atomic mass is 10.1. The number of nitrogens with zero attached hydrogens (tertiary/aromatic N) is 2. The fraction of sp³-hybridized carbons (Fsp3) is 0.500. The van der Waals surface area contributed by atoms with Crippen LogP contribution in [-0.4, -0.2) is 23.9 Å². The van der Waals surface area contributed by atoms with Gasteiger partial charge in [-0.2, -0.15) is 0 Å². The standard InChI is InChI=1S/C10H16N4S/c1-2-12-10(13-11)14-5-3-9-8(7-14)4-6-15-9/h4,6H,2-3,5,7,11H2,1H3,(H,12,13). The summed E-state index contributed by atoms with van der Waals surface area (Å²) in [4.78, 5) is 8.03. The summed E-state index contributed by atoms with van der Waals surface area (Å²) in [6, 6.07) is 2.19. The van der Waals surface area contributed by atoms with Crippen molar-refractivity contribution in [1.29, 1.82) is 0 Å². The fourth-order valence-corrected chi connectivity index (χ4v) is 2.71. The van der Waals surface area contributed by atoms with Crippen LogP contribution in [0.4, 0.5) is 0 Å². The lowest BCUT2D eigenvalue weighted by Gasteiger charge is -2.29. The summed E-state index contributed by atoms with van der Waals surface area (Å²) in [5.41, 5.74) is 4.08. The van der Waals surface area contributed by atoms with E-state index in [1.165, 1.54) is 10.4 Å². The van der Waals surface area contributed by atoms with Gasteiger partial charge in [-0.25, -0.2) is 5.84 Å². The molecule has 1 aromatic rings. The lowest BCUT2D eigenvalue weighted by Crippen LogP contribution is -2.46. The van der Waals surface area contributed by atoms with Crippen molar-refractivity contribution in [3.8, 4) is 0 Å². The van der Waals surface area contributed by atoms with Crippen molar-refractivity contribution in [3.63, 3.8) is 0 Å². The molecule has 2 heterocycles. The minimum atomic E-state index is 0.756. The van der Waals surface area contributed by atoms with Crippen LogP contribution in [0.15, 0.2) is 16.4 Å². The second kappa shape index (κ2) is 4.63. The van der Waals surface area contributed by atoms with Gasteiger partial charge < -0.3 is 4.90 Å². The Kier molecular flexibility index (Phi) is 3.23. The maximum Gasteiger partial charge on any atom is 0.208 e. The van der Waals surface area contributed by atoms with Crippen molar-refractivity contribution in [2.75, 3.05) is 13.1 Å². The molecule has 4 nitrogen and oxygen atoms in total. The topological polar surface area (TPSA) is 53.6 Å². The van der Waals surface area contributed by atoms with Gasteiger partial charge in [-0.15, -0.1) is 11.3 Å². The molecule has 2 rings (SSSR count). The Labute approximate surface area is 93.8 Å². The Hall–Kier alpha value is -1.07. The first-order chi connectivity index (χ1) is 7.35. The zero-order valence-electron chi connectivity index (χ0n) is 8.86. The summed E-state index contributed by atoms with van der Waals surface area (Å²) in [5.74, 6) is 6.27. The lowest BCUT2D eigenvalue weighted by molar-refractivity contribution is 0.382. The van der Waals surface area contributed by atoms with E-state index >= 15 is 0 Å². The van der Waals surface area contributed by atoms with Crippen LogP contribution in [0, 0.1) is 0 Å². The number of rotatable bonds is 1. The molecule has 0 aliphatic carbocycles. The molecule has 0 saturated carbocycles. The third kappa shape index (κ3) is 2.13.